The highest BCUT2D eigenvalue weighted by atomic mass is 19.1. The SMILES string of the molecule is O=C(CCCn1ccnc1)Nc1ccc(NC[C@@H]2CCCO2)c(F)c1. The Morgan fingerprint density at radius 2 is 2.36 bits per heavy atom. The largest absolute Gasteiger partial charge is 0.380 e. The second-order valence-corrected chi connectivity index (χ2v) is 6.16. The Morgan fingerprint density at radius 3 is 3.08 bits per heavy atom. The van der Waals surface area contributed by atoms with Crippen LogP contribution in [0.15, 0.2) is 36.9 Å². The molecule has 134 valence electrons. The summed E-state index contributed by atoms with van der Waals surface area (Å²) in [4.78, 5) is 15.9. The molecule has 7 heteroatoms. The molecule has 1 amide bonds. The van der Waals surface area contributed by atoms with E-state index >= 15 is 0 Å². The molecule has 1 saturated heterocycles. The Kier molecular flexibility index (Phi) is 6.00. The summed E-state index contributed by atoms with van der Waals surface area (Å²) in [5.74, 6) is -0.506. The summed E-state index contributed by atoms with van der Waals surface area (Å²) in [5.41, 5.74) is 0.890. The molecule has 0 radical (unpaired) electrons. The Morgan fingerprint density at radius 1 is 1.44 bits per heavy atom. The third-order valence-electron chi connectivity index (χ3n) is 4.18. The van der Waals surface area contributed by atoms with E-state index < -0.39 is 0 Å². The fourth-order valence-electron chi connectivity index (χ4n) is 2.83. The Hall–Kier alpha value is -2.41. The zero-order valence-electron chi connectivity index (χ0n) is 14.1. The molecule has 1 fully saturated rings. The van der Waals surface area contributed by atoms with Gasteiger partial charge in [-0.1, -0.05) is 0 Å². The van der Waals surface area contributed by atoms with Crippen molar-refractivity contribution < 1.29 is 13.9 Å². The van der Waals surface area contributed by atoms with E-state index in [0.29, 0.717) is 30.8 Å². The van der Waals surface area contributed by atoms with Crippen LogP contribution in [0.1, 0.15) is 25.7 Å². The smallest absolute Gasteiger partial charge is 0.224 e. The first-order valence-electron chi connectivity index (χ1n) is 8.61. The highest BCUT2D eigenvalue weighted by Gasteiger charge is 2.15. The first-order chi connectivity index (χ1) is 12.2. The minimum absolute atomic E-state index is 0.125. The number of rotatable bonds is 8. The van der Waals surface area contributed by atoms with Gasteiger partial charge in [-0.05, 0) is 37.5 Å². The van der Waals surface area contributed by atoms with Gasteiger partial charge in [0, 0.05) is 44.2 Å². The molecular weight excluding hydrogens is 323 g/mol. The average molecular weight is 346 g/mol. The molecule has 1 aromatic heterocycles. The van der Waals surface area contributed by atoms with Crippen LogP contribution in [-0.2, 0) is 16.1 Å². The number of aromatic nitrogens is 2. The third kappa shape index (κ3) is 5.29. The normalized spacial score (nSPS) is 16.8. The molecule has 25 heavy (non-hydrogen) atoms. The van der Waals surface area contributed by atoms with E-state index in [1.54, 1.807) is 24.7 Å². The number of carbonyl (C=O) groups is 1. The summed E-state index contributed by atoms with van der Waals surface area (Å²) in [6, 6.07) is 4.69. The van der Waals surface area contributed by atoms with Crippen LogP contribution in [0.3, 0.4) is 0 Å². The number of imidazole rings is 1. The second kappa shape index (κ2) is 8.62. The molecule has 0 saturated carbocycles. The predicted molar refractivity (Wildman–Crippen MR) is 94.0 cm³/mol. The molecule has 0 bridgehead atoms. The Balaban J connectivity index is 1.43. The molecule has 2 N–H and O–H groups in total. The van der Waals surface area contributed by atoms with Crippen molar-refractivity contribution in [2.45, 2.75) is 38.3 Å². The highest BCUT2D eigenvalue weighted by Crippen LogP contribution is 2.20. The summed E-state index contributed by atoms with van der Waals surface area (Å²) in [6.07, 6.45) is 8.56. The Bertz CT molecular complexity index is 684. The van der Waals surface area contributed by atoms with Crippen molar-refractivity contribution in [3.63, 3.8) is 0 Å². The summed E-state index contributed by atoms with van der Waals surface area (Å²) < 4.78 is 21.6. The minimum atomic E-state index is -0.380. The summed E-state index contributed by atoms with van der Waals surface area (Å²) >= 11 is 0. The van der Waals surface area contributed by atoms with Crippen LogP contribution in [0.2, 0.25) is 0 Å². The lowest BCUT2D eigenvalue weighted by atomic mass is 10.2. The maximum Gasteiger partial charge on any atom is 0.224 e. The second-order valence-electron chi connectivity index (χ2n) is 6.16. The van der Waals surface area contributed by atoms with Crippen molar-refractivity contribution in [3.05, 3.63) is 42.7 Å². The number of ether oxygens (including phenoxy) is 1. The van der Waals surface area contributed by atoms with Gasteiger partial charge in [0.25, 0.3) is 0 Å². The van der Waals surface area contributed by atoms with Gasteiger partial charge in [-0.25, -0.2) is 9.37 Å². The van der Waals surface area contributed by atoms with Gasteiger partial charge in [0.05, 0.1) is 18.1 Å². The van der Waals surface area contributed by atoms with Gasteiger partial charge in [-0.3, -0.25) is 4.79 Å². The highest BCUT2D eigenvalue weighted by molar-refractivity contribution is 5.90. The minimum Gasteiger partial charge on any atom is -0.380 e. The molecule has 0 unspecified atom stereocenters. The van der Waals surface area contributed by atoms with E-state index in [1.165, 1.54) is 6.07 Å². The van der Waals surface area contributed by atoms with E-state index in [-0.39, 0.29) is 17.8 Å². The molecule has 1 aromatic carbocycles. The van der Waals surface area contributed by atoms with Gasteiger partial charge in [-0.15, -0.1) is 0 Å². The zero-order valence-corrected chi connectivity index (χ0v) is 14.1. The molecule has 0 aliphatic carbocycles. The lowest BCUT2D eigenvalue weighted by molar-refractivity contribution is -0.116. The Labute approximate surface area is 146 Å². The van der Waals surface area contributed by atoms with Gasteiger partial charge < -0.3 is 19.9 Å². The first-order valence-corrected chi connectivity index (χ1v) is 8.61. The lowest BCUT2D eigenvalue weighted by Crippen LogP contribution is -2.19. The first kappa shape index (κ1) is 17.4. The van der Waals surface area contributed by atoms with Crippen molar-refractivity contribution in [1.82, 2.24) is 9.55 Å². The maximum atomic E-state index is 14.1. The van der Waals surface area contributed by atoms with Crippen molar-refractivity contribution in [2.75, 3.05) is 23.8 Å². The molecule has 1 aliphatic rings. The molecule has 2 heterocycles. The molecule has 3 rings (SSSR count). The monoisotopic (exact) mass is 346 g/mol. The molecule has 1 aliphatic heterocycles. The van der Waals surface area contributed by atoms with E-state index in [0.717, 1.165) is 26.0 Å². The molecule has 6 nitrogen and oxygen atoms in total. The molecule has 2 aromatic rings. The summed E-state index contributed by atoms with van der Waals surface area (Å²) in [7, 11) is 0. The number of benzene rings is 1. The quantitative estimate of drug-likeness (QED) is 0.771. The van der Waals surface area contributed by atoms with Crippen LogP contribution >= 0.6 is 0 Å². The zero-order chi connectivity index (χ0) is 17.5. The van der Waals surface area contributed by atoms with Crippen LogP contribution in [0, 0.1) is 5.82 Å². The fourth-order valence-corrected chi connectivity index (χ4v) is 2.83. The van der Waals surface area contributed by atoms with Gasteiger partial charge in [-0.2, -0.15) is 0 Å². The molecule has 1 atom stereocenters. The van der Waals surface area contributed by atoms with Gasteiger partial charge >= 0.3 is 0 Å². The standard InChI is InChI=1S/C18H23FN4O2/c19-16-11-14(5-6-17(16)21-12-15-3-2-10-25-15)22-18(24)4-1-8-23-9-7-20-13-23/h5-7,9,11,13,15,21H,1-4,8,10,12H2,(H,22,24)/t15-/m0/s1. The lowest BCUT2D eigenvalue weighted by Gasteiger charge is -2.13. The van der Waals surface area contributed by atoms with Gasteiger partial charge in [0.15, 0.2) is 0 Å². The van der Waals surface area contributed by atoms with Crippen molar-refractivity contribution in [1.29, 1.82) is 0 Å². The fraction of sp³-hybridized carbons (Fsp3) is 0.444. The van der Waals surface area contributed by atoms with Crippen LogP contribution in [0.25, 0.3) is 0 Å². The van der Waals surface area contributed by atoms with E-state index in [1.807, 2.05) is 10.8 Å². The maximum absolute atomic E-state index is 14.1. The van der Waals surface area contributed by atoms with Gasteiger partial charge in [0.2, 0.25) is 5.91 Å². The van der Waals surface area contributed by atoms with Crippen LogP contribution in [0.4, 0.5) is 15.8 Å². The number of halogens is 1. The molecular formula is C18H23FN4O2. The van der Waals surface area contributed by atoms with Crippen LogP contribution < -0.4 is 10.6 Å². The number of carbonyl (C=O) groups excluding carboxylic acids is 1. The number of hydrogen-bond acceptors (Lipinski definition) is 4. The van der Waals surface area contributed by atoms with Crippen molar-refractivity contribution >= 4 is 17.3 Å². The average Bonchev–Trinajstić information content (AvgIpc) is 3.27. The van der Waals surface area contributed by atoms with Crippen molar-refractivity contribution in [3.8, 4) is 0 Å². The van der Waals surface area contributed by atoms with E-state index in [9.17, 15) is 9.18 Å². The number of nitrogens with one attached hydrogen (secondary N) is 2. The number of anilines is 2. The van der Waals surface area contributed by atoms with E-state index in [2.05, 4.69) is 15.6 Å². The topological polar surface area (TPSA) is 68.2 Å². The van der Waals surface area contributed by atoms with Crippen LogP contribution in [-0.4, -0.2) is 34.7 Å². The third-order valence-corrected chi connectivity index (χ3v) is 4.18. The summed E-state index contributed by atoms with van der Waals surface area (Å²) in [5, 5.41) is 5.79. The number of aryl methyl sites for hydroxylation is 1. The van der Waals surface area contributed by atoms with Crippen molar-refractivity contribution in [2.24, 2.45) is 0 Å². The molecule has 0 spiro atoms. The van der Waals surface area contributed by atoms with Crippen LogP contribution in [0.5, 0.6) is 0 Å². The number of nitrogens with zero attached hydrogens (tertiary/aromatic N) is 2. The predicted octanol–water partition coefficient (Wildman–Crippen LogP) is 3.03. The summed E-state index contributed by atoms with van der Waals surface area (Å²) in [6.45, 7) is 2.10. The number of hydrogen-bond donors (Lipinski definition) is 2. The number of amides is 1. The van der Waals surface area contributed by atoms with Gasteiger partial charge in [0.1, 0.15) is 5.82 Å². The van der Waals surface area contributed by atoms with E-state index in [4.69, 9.17) is 4.74 Å².